The first-order valence-electron chi connectivity index (χ1n) is 3.73. The second-order valence-corrected chi connectivity index (χ2v) is 3.81. The van der Waals surface area contributed by atoms with Crippen LogP contribution in [0.25, 0.3) is 0 Å². The van der Waals surface area contributed by atoms with Crippen molar-refractivity contribution in [2.24, 2.45) is 0 Å². The van der Waals surface area contributed by atoms with Gasteiger partial charge in [0.05, 0.1) is 15.8 Å². The van der Waals surface area contributed by atoms with Crippen molar-refractivity contribution in [2.75, 3.05) is 0 Å². The lowest BCUT2D eigenvalue weighted by molar-refractivity contribution is 0.483. The first kappa shape index (κ1) is 8.08. The van der Waals surface area contributed by atoms with Crippen LogP contribution in [0.15, 0.2) is 37.1 Å². The zero-order valence-corrected chi connectivity index (χ0v) is 8.12. The predicted octanol–water partition coefficient (Wildman–Crippen LogP) is 1.05. The lowest BCUT2D eigenvalue weighted by Gasteiger charge is -1.99. The summed E-state index contributed by atoms with van der Waals surface area (Å²) in [4.78, 5) is 0. The smallest absolute Gasteiger partial charge is 0.126 e. The van der Waals surface area contributed by atoms with Gasteiger partial charge in [-0.2, -0.15) is 0 Å². The molecule has 1 rings (SSSR count). The van der Waals surface area contributed by atoms with Crippen LogP contribution in [0.5, 0.6) is 5.75 Å². The van der Waals surface area contributed by atoms with Gasteiger partial charge in [-0.1, -0.05) is 30.4 Å². The van der Waals surface area contributed by atoms with Crippen LogP contribution < -0.4 is 9.92 Å². The van der Waals surface area contributed by atoms with E-state index in [9.17, 15) is 0 Å². The maximum Gasteiger partial charge on any atom is 0.126 e. The van der Waals surface area contributed by atoms with Crippen LogP contribution in [-0.2, 0) is 0 Å². The molecule has 0 radical (unpaired) electrons. The van der Waals surface area contributed by atoms with Crippen LogP contribution in [0.1, 0.15) is 0 Å². The summed E-state index contributed by atoms with van der Waals surface area (Å²) < 4.78 is 5.08. The summed E-state index contributed by atoms with van der Waals surface area (Å²) in [6.45, 7) is 5.75. The maximum atomic E-state index is 5.08. The number of hydrogen-bond donors (Lipinski definition) is 0. The highest BCUT2D eigenvalue weighted by Crippen LogP contribution is 2.06. The van der Waals surface area contributed by atoms with Gasteiger partial charge in [-0.25, -0.2) is 0 Å². The minimum atomic E-state index is -0.0200. The Hall–Kier alpha value is -1.02. The molecule has 0 aromatic heterocycles. The van der Waals surface area contributed by atoms with Crippen molar-refractivity contribution in [3.8, 4) is 5.75 Å². The molecular formula is C9H12OSi. The van der Waals surface area contributed by atoms with Crippen molar-refractivity contribution in [3.05, 3.63) is 37.1 Å². The molecule has 0 aliphatic carbocycles. The topological polar surface area (TPSA) is 9.23 Å². The largest absolute Gasteiger partial charge is 0.466 e. The molecule has 0 saturated heterocycles. The van der Waals surface area contributed by atoms with E-state index >= 15 is 0 Å². The maximum absolute atomic E-state index is 5.08. The fourth-order valence-corrected chi connectivity index (χ4v) is 1.61. The van der Waals surface area contributed by atoms with Gasteiger partial charge in [-0.15, -0.1) is 0 Å². The van der Waals surface area contributed by atoms with E-state index < -0.39 is 0 Å². The van der Waals surface area contributed by atoms with Crippen LogP contribution in [-0.4, -0.2) is 9.52 Å². The SMILES string of the molecule is C=COc1ccc([SiH2]C)cc1. The highest BCUT2D eigenvalue weighted by atomic mass is 28.2. The summed E-state index contributed by atoms with van der Waals surface area (Å²) in [5, 5.41) is 1.46. The van der Waals surface area contributed by atoms with Gasteiger partial charge in [0.2, 0.25) is 0 Å². The van der Waals surface area contributed by atoms with E-state index in [0.717, 1.165) is 5.75 Å². The molecule has 0 aliphatic heterocycles. The van der Waals surface area contributed by atoms with Gasteiger partial charge in [-0.3, -0.25) is 0 Å². The van der Waals surface area contributed by atoms with E-state index in [1.807, 2.05) is 12.1 Å². The monoisotopic (exact) mass is 164 g/mol. The zero-order valence-electron chi connectivity index (χ0n) is 6.71. The van der Waals surface area contributed by atoms with E-state index in [-0.39, 0.29) is 9.52 Å². The van der Waals surface area contributed by atoms with Crippen molar-refractivity contribution in [2.45, 2.75) is 6.55 Å². The van der Waals surface area contributed by atoms with Gasteiger partial charge in [0.1, 0.15) is 5.75 Å². The minimum absolute atomic E-state index is 0.0200. The third-order valence-corrected chi connectivity index (χ3v) is 2.84. The third-order valence-electron chi connectivity index (χ3n) is 1.55. The Labute approximate surface area is 69.5 Å². The Balaban J connectivity index is 2.74. The molecule has 1 aromatic rings. The summed E-state index contributed by atoms with van der Waals surface area (Å²) in [5.41, 5.74) is 0. The van der Waals surface area contributed by atoms with Gasteiger partial charge in [0, 0.05) is 0 Å². The molecule has 0 atom stereocenters. The van der Waals surface area contributed by atoms with Gasteiger partial charge in [0.15, 0.2) is 0 Å². The molecule has 0 unspecified atom stereocenters. The quantitative estimate of drug-likeness (QED) is 0.479. The highest BCUT2D eigenvalue weighted by Gasteiger charge is 1.90. The fourth-order valence-electron chi connectivity index (χ4n) is 0.900. The van der Waals surface area contributed by atoms with Crippen molar-refractivity contribution >= 4 is 14.7 Å². The molecule has 1 nitrogen and oxygen atoms in total. The second kappa shape index (κ2) is 3.98. The van der Waals surface area contributed by atoms with E-state index in [2.05, 4.69) is 25.3 Å². The Morgan fingerprint density at radius 1 is 1.36 bits per heavy atom. The van der Waals surface area contributed by atoms with Gasteiger partial charge in [-0.05, 0) is 12.1 Å². The highest BCUT2D eigenvalue weighted by molar-refractivity contribution is 6.51. The Bertz CT molecular complexity index is 228. The number of hydrogen-bond acceptors (Lipinski definition) is 1. The lowest BCUT2D eigenvalue weighted by atomic mass is 10.3. The molecular weight excluding hydrogens is 152 g/mol. The lowest BCUT2D eigenvalue weighted by Crippen LogP contribution is -2.08. The molecule has 0 heterocycles. The summed E-state index contributed by atoms with van der Waals surface area (Å²) in [6.07, 6.45) is 1.44. The fraction of sp³-hybridized carbons (Fsp3) is 0.111. The van der Waals surface area contributed by atoms with Crippen molar-refractivity contribution in [1.29, 1.82) is 0 Å². The average Bonchev–Trinajstić information content (AvgIpc) is 2.07. The summed E-state index contributed by atoms with van der Waals surface area (Å²) in [7, 11) is -0.0200. The molecule has 58 valence electrons. The molecule has 0 amide bonds. The molecule has 0 bridgehead atoms. The van der Waals surface area contributed by atoms with E-state index in [1.54, 1.807) is 0 Å². The molecule has 2 heteroatoms. The molecule has 0 fully saturated rings. The van der Waals surface area contributed by atoms with E-state index in [0.29, 0.717) is 0 Å². The summed E-state index contributed by atoms with van der Waals surface area (Å²) in [6, 6.07) is 8.19. The molecule has 0 aliphatic rings. The first-order chi connectivity index (χ1) is 5.36. The average molecular weight is 164 g/mol. The van der Waals surface area contributed by atoms with Gasteiger partial charge >= 0.3 is 0 Å². The Kier molecular flexibility index (Phi) is 2.92. The van der Waals surface area contributed by atoms with Crippen LogP contribution in [0.3, 0.4) is 0 Å². The van der Waals surface area contributed by atoms with Crippen LogP contribution in [0, 0.1) is 0 Å². The zero-order chi connectivity index (χ0) is 8.10. The normalized spacial score (nSPS) is 10.3. The van der Waals surface area contributed by atoms with Crippen molar-refractivity contribution in [1.82, 2.24) is 0 Å². The standard InChI is InChI=1S/C9H12OSi/c1-3-10-8-4-6-9(11-2)7-5-8/h3-7H,1,11H2,2H3. The number of ether oxygens (including phenoxy) is 1. The van der Waals surface area contributed by atoms with Crippen molar-refractivity contribution < 1.29 is 4.74 Å². The number of rotatable bonds is 3. The van der Waals surface area contributed by atoms with Crippen LogP contribution >= 0.6 is 0 Å². The van der Waals surface area contributed by atoms with Crippen LogP contribution in [0.2, 0.25) is 6.55 Å². The predicted molar refractivity (Wildman–Crippen MR) is 51.3 cm³/mol. The van der Waals surface area contributed by atoms with Crippen LogP contribution in [0.4, 0.5) is 0 Å². The van der Waals surface area contributed by atoms with Gasteiger partial charge in [0.25, 0.3) is 0 Å². The summed E-state index contributed by atoms with van der Waals surface area (Å²) in [5.74, 6) is 0.867. The molecule has 0 N–H and O–H groups in total. The van der Waals surface area contributed by atoms with E-state index in [1.165, 1.54) is 11.4 Å². The summed E-state index contributed by atoms with van der Waals surface area (Å²) >= 11 is 0. The third kappa shape index (κ3) is 2.24. The Morgan fingerprint density at radius 2 is 2.00 bits per heavy atom. The molecule has 1 aromatic carbocycles. The van der Waals surface area contributed by atoms with E-state index in [4.69, 9.17) is 4.74 Å². The minimum Gasteiger partial charge on any atom is -0.466 e. The Morgan fingerprint density at radius 3 is 2.45 bits per heavy atom. The molecule has 11 heavy (non-hydrogen) atoms. The number of benzene rings is 1. The first-order valence-corrected chi connectivity index (χ1v) is 5.85. The van der Waals surface area contributed by atoms with Gasteiger partial charge < -0.3 is 4.74 Å². The van der Waals surface area contributed by atoms with Crippen molar-refractivity contribution in [3.63, 3.8) is 0 Å². The molecule has 0 saturated carbocycles. The second-order valence-electron chi connectivity index (χ2n) is 2.28. The molecule has 0 spiro atoms.